The van der Waals surface area contributed by atoms with Gasteiger partial charge in [-0.25, -0.2) is 0 Å². The van der Waals surface area contributed by atoms with Crippen molar-refractivity contribution in [1.29, 1.82) is 0 Å². The molecular weight excluding hydrogens is 791 g/mol. The van der Waals surface area contributed by atoms with Crippen molar-refractivity contribution in [2.75, 3.05) is 0 Å². The van der Waals surface area contributed by atoms with Crippen LogP contribution in [0.25, 0.3) is 67.1 Å². The van der Waals surface area contributed by atoms with Crippen molar-refractivity contribution in [2.24, 2.45) is 5.92 Å². The van der Waals surface area contributed by atoms with Crippen molar-refractivity contribution >= 4 is 56.6 Å². The molecule has 0 fully saturated rings. The molecule has 0 saturated heterocycles. The first-order valence-electron chi connectivity index (χ1n) is 19.4. The Morgan fingerprint density at radius 3 is 1.74 bits per heavy atom. The molecule has 0 radical (unpaired) electrons. The Morgan fingerprint density at radius 1 is 0.519 bits per heavy atom. The Labute approximate surface area is 329 Å². The van der Waals surface area contributed by atoms with Crippen LogP contribution in [0, 0.1) is 5.92 Å². The van der Waals surface area contributed by atoms with Gasteiger partial charge in [0, 0.05) is 0 Å². The summed E-state index contributed by atoms with van der Waals surface area (Å²) in [5.74, 6) is -1.44. The Bertz CT molecular complexity index is 2680. The summed E-state index contributed by atoms with van der Waals surface area (Å²) >= 11 is -5.03. The Balaban J connectivity index is 1.34. The summed E-state index contributed by atoms with van der Waals surface area (Å²) in [4.78, 5) is 0. The van der Waals surface area contributed by atoms with Gasteiger partial charge in [0.05, 0.1) is 0 Å². The standard InChI is InChI=1S/C30H21.C18H17.C2H7Si.2ClH.Zr/c1-20-16-23-18-24(27-14-6-10-21-8-2-4-12-25(21)27)19-30(29(23)17-20)28-15-7-11-22-9-3-5-13-26(22)28;1-13(2)16-11-15-9-6-10-17(18(15)12-16)14-7-4-3-5-8-14;1-3-2;;;/h2-19H,1H3;3-13H,1-2H3;3H,1-2H3;2*1H;/q;;;;;+2/p-2. The van der Waals surface area contributed by atoms with E-state index in [4.69, 9.17) is 17.0 Å². The van der Waals surface area contributed by atoms with Gasteiger partial charge in [0.2, 0.25) is 0 Å². The van der Waals surface area contributed by atoms with Crippen LogP contribution >= 0.6 is 17.0 Å². The zero-order chi connectivity index (χ0) is 37.4. The maximum absolute atomic E-state index is 8.87. The fraction of sp³-hybridized carbons (Fsp3) is 0.160. The number of halogens is 2. The van der Waals surface area contributed by atoms with E-state index in [9.17, 15) is 0 Å². The fourth-order valence-electron chi connectivity index (χ4n) is 9.92. The van der Waals surface area contributed by atoms with Crippen molar-refractivity contribution in [1.82, 2.24) is 0 Å². The summed E-state index contributed by atoms with van der Waals surface area (Å²) in [6.07, 6.45) is 4.93. The predicted octanol–water partition coefficient (Wildman–Crippen LogP) is 15.2. The molecule has 2 atom stereocenters. The quantitative estimate of drug-likeness (QED) is 0.140. The molecule has 4 heteroatoms. The van der Waals surface area contributed by atoms with Crippen LogP contribution in [0.3, 0.4) is 0 Å². The van der Waals surface area contributed by atoms with Crippen molar-refractivity contribution in [2.45, 2.75) is 41.1 Å². The Hall–Kier alpha value is -3.78. The topological polar surface area (TPSA) is 0 Å². The molecule has 0 saturated carbocycles. The molecule has 2 aliphatic rings. The third-order valence-electron chi connectivity index (χ3n) is 12.6. The Morgan fingerprint density at radius 2 is 1.07 bits per heavy atom. The zero-order valence-corrected chi connectivity index (χ0v) is 36.7. The summed E-state index contributed by atoms with van der Waals surface area (Å²) in [5.41, 5.74) is 15.4. The summed E-state index contributed by atoms with van der Waals surface area (Å²) < 4.78 is 0.0141. The molecule has 267 valence electrons. The minimum atomic E-state index is -5.03. The molecule has 9 rings (SSSR count). The van der Waals surface area contributed by atoms with E-state index in [1.54, 1.807) is 0 Å². The van der Waals surface area contributed by atoms with E-state index >= 15 is 0 Å². The number of allylic oxidation sites excluding steroid dienone is 2. The second kappa shape index (κ2) is 13.5. The van der Waals surface area contributed by atoms with Crippen LogP contribution < -0.4 is 0 Å². The molecule has 7 aromatic rings. The Kier molecular flexibility index (Phi) is 8.94. The molecular formula is C50H45Cl2SiZr. The first kappa shape index (κ1) is 35.9. The van der Waals surface area contributed by atoms with Crippen molar-refractivity contribution in [3.05, 3.63) is 179 Å². The number of benzene rings is 7. The van der Waals surface area contributed by atoms with Crippen molar-refractivity contribution in [3.8, 4) is 33.4 Å². The third kappa shape index (κ3) is 5.47. The van der Waals surface area contributed by atoms with Crippen LogP contribution in [0.2, 0.25) is 13.1 Å². The molecule has 0 bridgehead atoms. The molecule has 2 unspecified atom stereocenters. The van der Waals surface area contributed by atoms with Gasteiger partial charge < -0.3 is 0 Å². The molecule has 7 aromatic carbocycles. The normalized spacial score (nSPS) is 17.4. The molecule has 0 heterocycles. The van der Waals surface area contributed by atoms with E-state index in [2.05, 4.69) is 192 Å². The molecule has 0 N–H and O–H groups in total. The number of fused-ring (bicyclic) bond motifs is 4. The molecule has 0 aliphatic heterocycles. The molecule has 0 spiro atoms. The van der Waals surface area contributed by atoms with Gasteiger partial charge >= 0.3 is 332 Å². The molecule has 0 amide bonds. The van der Waals surface area contributed by atoms with Crippen LogP contribution in [0.1, 0.15) is 50.3 Å². The second-order valence-corrected chi connectivity index (χ2v) is 58.7. The van der Waals surface area contributed by atoms with Gasteiger partial charge in [-0.3, -0.25) is 0 Å². The summed E-state index contributed by atoms with van der Waals surface area (Å²) in [6.45, 7) is 11.9. The summed E-state index contributed by atoms with van der Waals surface area (Å²) in [7, 11) is 17.7. The van der Waals surface area contributed by atoms with Crippen LogP contribution in [0.15, 0.2) is 157 Å². The van der Waals surface area contributed by atoms with Gasteiger partial charge in [-0.2, -0.15) is 0 Å². The van der Waals surface area contributed by atoms with E-state index in [0.717, 1.165) is 0 Å². The van der Waals surface area contributed by atoms with Crippen LogP contribution in [0.4, 0.5) is 0 Å². The van der Waals surface area contributed by atoms with Gasteiger partial charge in [0.15, 0.2) is 0 Å². The molecule has 2 aliphatic carbocycles. The first-order valence-corrected chi connectivity index (χ1v) is 35.7. The van der Waals surface area contributed by atoms with Crippen LogP contribution in [-0.2, 0) is 15.6 Å². The van der Waals surface area contributed by atoms with Crippen molar-refractivity contribution in [3.63, 3.8) is 0 Å². The average Bonchev–Trinajstić information content (AvgIpc) is 3.77. The second-order valence-electron chi connectivity index (χ2n) is 16.2. The summed E-state index contributed by atoms with van der Waals surface area (Å²) in [5, 5.41) is 5.00. The average molecular weight is 836 g/mol. The predicted molar refractivity (Wildman–Crippen MR) is 237 cm³/mol. The first-order chi connectivity index (χ1) is 26.1. The SMILES string of the molecule is CC1=Cc2c(-c3cccc4ccccc34)cc(-c3cccc4ccccc34)cc2[CH]1[Zr]([Cl])([Cl])([CH]1C(C(C)C)=Cc2c(-c3ccccc3)cccc21)[SiH](C)C. The van der Waals surface area contributed by atoms with Gasteiger partial charge in [0.25, 0.3) is 0 Å². The van der Waals surface area contributed by atoms with Gasteiger partial charge in [0.1, 0.15) is 0 Å². The number of hydrogen-bond acceptors (Lipinski definition) is 0. The van der Waals surface area contributed by atoms with E-state index in [-0.39, 0.29) is 7.25 Å². The van der Waals surface area contributed by atoms with Gasteiger partial charge in [-0.1, -0.05) is 0 Å². The van der Waals surface area contributed by atoms with E-state index in [1.165, 1.54) is 88.3 Å². The molecule has 0 aromatic heterocycles. The van der Waals surface area contributed by atoms with E-state index < -0.39 is 21.5 Å². The van der Waals surface area contributed by atoms with E-state index in [0.29, 0.717) is 5.92 Å². The maximum atomic E-state index is 8.87. The molecule has 0 nitrogen and oxygen atoms in total. The van der Waals surface area contributed by atoms with Gasteiger partial charge in [-0.15, -0.1) is 0 Å². The minimum absolute atomic E-state index is 0.0152. The third-order valence-corrected chi connectivity index (χ3v) is 64.5. The fourth-order valence-corrected chi connectivity index (χ4v) is 42.1. The van der Waals surface area contributed by atoms with Gasteiger partial charge in [-0.05, 0) is 0 Å². The molecule has 54 heavy (non-hydrogen) atoms. The number of hydrogen-bond donors (Lipinski definition) is 0. The monoisotopic (exact) mass is 833 g/mol. The zero-order valence-electron chi connectivity index (χ0n) is 31.6. The van der Waals surface area contributed by atoms with E-state index in [1.807, 2.05) is 0 Å². The van der Waals surface area contributed by atoms with Crippen LogP contribution in [0.5, 0.6) is 0 Å². The summed E-state index contributed by atoms with van der Waals surface area (Å²) in [6, 6.07) is 53.5. The van der Waals surface area contributed by atoms with Crippen LogP contribution in [-0.4, -0.2) is 5.92 Å². The van der Waals surface area contributed by atoms with Crippen molar-refractivity contribution < 1.29 is 15.6 Å². The number of rotatable bonds is 7.